The molecule has 9 heteroatoms. The highest BCUT2D eigenvalue weighted by Gasteiger charge is 2.16. The second-order valence-electron chi connectivity index (χ2n) is 7.49. The van der Waals surface area contributed by atoms with Crippen LogP contribution in [0.15, 0.2) is 48.8 Å². The molecule has 0 fully saturated rings. The maximum atomic E-state index is 14.6. The first-order valence-corrected chi connectivity index (χ1v) is 9.85. The first-order valence-electron chi connectivity index (χ1n) is 9.85. The summed E-state index contributed by atoms with van der Waals surface area (Å²) in [5.41, 5.74) is 2.46. The molecule has 2 N–H and O–H groups in total. The van der Waals surface area contributed by atoms with Crippen molar-refractivity contribution in [2.45, 2.75) is 26.2 Å². The van der Waals surface area contributed by atoms with E-state index in [1.54, 1.807) is 31.3 Å². The van der Waals surface area contributed by atoms with Gasteiger partial charge in [-0.2, -0.15) is 0 Å². The van der Waals surface area contributed by atoms with E-state index in [0.29, 0.717) is 34.8 Å². The smallest absolute Gasteiger partial charge is 0.227 e. The Balaban J connectivity index is 1.49. The third-order valence-electron chi connectivity index (χ3n) is 4.99. The van der Waals surface area contributed by atoms with Crippen molar-refractivity contribution in [1.82, 2.24) is 19.9 Å². The lowest BCUT2D eigenvalue weighted by Gasteiger charge is -2.13. The summed E-state index contributed by atoms with van der Waals surface area (Å²) in [7, 11) is 0. The molecule has 0 spiro atoms. The molecule has 0 aliphatic heterocycles. The molecule has 0 saturated heterocycles. The normalized spacial score (nSPS) is 12.1. The molecule has 32 heavy (non-hydrogen) atoms. The lowest BCUT2D eigenvalue weighted by Crippen LogP contribution is -2.05. The SMILES string of the molecule is Cc1c[nH]c(-c2ccc(Nc3nccc(CC(C)c4cc(F)c(F)c(F)c4)n3)cc2F)n1. The molecule has 4 aromatic rings. The minimum Gasteiger partial charge on any atom is -0.344 e. The fourth-order valence-corrected chi connectivity index (χ4v) is 3.33. The molecule has 0 bridgehead atoms. The molecule has 2 aromatic carbocycles. The molecule has 2 aromatic heterocycles. The van der Waals surface area contributed by atoms with Crippen molar-refractivity contribution >= 4 is 11.6 Å². The molecule has 0 aliphatic rings. The van der Waals surface area contributed by atoms with Crippen LogP contribution in [0, 0.1) is 30.2 Å². The monoisotopic (exact) mass is 441 g/mol. The van der Waals surface area contributed by atoms with Gasteiger partial charge in [-0.1, -0.05) is 6.92 Å². The van der Waals surface area contributed by atoms with E-state index in [4.69, 9.17) is 0 Å². The van der Waals surface area contributed by atoms with E-state index in [9.17, 15) is 17.6 Å². The third kappa shape index (κ3) is 4.61. The Bertz CT molecular complexity index is 1250. The zero-order valence-electron chi connectivity index (χ0n) is 17.3. The average Bonchev–Trinajstić information content (AvgIpc) is 3.18. The highest BCUT2D eigenvalue weighted by Crippen LogP contribution is 2.26. The van der Waals surface area contributed by atoms with Crippen molar-refractivity contribution in [1.29, 1.82) is 0 Å². The Morgan fingerprint density at radius 1 is 0.969 bits per heavy atom. The Labute approximate surface area is 181 Å². The topological polar surface area (TPSA) is 66.5 Å². The van der Waals surface area contributed by atoms with E-state index in [1.165, 1.54) is 12.3 Å². The van der Waals surface area contributed by atoms with Crippen molar-refractivity contribution in [2.24, 2.45) is 0 Å². The fourth-order valence-electron chi connectivity index (χ4n) is 3.33. The molecule has 0 saturated carbocycles. The maximum absolute atomic E-state index is 14.6. The number of nitrogens with zero attached hydrogens (tertiary/aromatic N) is 3. The second kappa shape index (κ2) is 8.78. The highest BCUT2D eigenvalue weighted by atomic mass is 19.2. The van der Waals surface area contributed by atoms with Crippen LogP contribution >= 0.6 is 0 Å². The van der Waals surface area contributed by atoms with Crippen LogP contribution in [0.3, 0.4) is 0 Å². The van der Waals surface area contributed by atoms with Gasteiger partial charge in [0.15, 0.2) is 17.5 Å². The number of imidazole rings is 1. The number of halogens is 4. The Hall–Kier alpha value is -3.75. The van der Waals surface area contributed by atoms with Gasteiger partial charge in [-0.05, 0) is 61.2 Å². The number of H-pyrrole nitrogens is 1. The van der Waals surface area contributed by atoms with Gasteiger partial charge in [-0.15, -0.1) is 0 Å². The number of nitrogens with one attached hydrogen (secondary N) is 2. The van der Waals surface area contributed by atoms with E-state index >= 15 is 0 Å². The number of aromatic amines is 1. The highest BCUT2D eigenvalue weighted by molar-refractivity contribution is 5.63. The summed E-state index contributed by atoms with van der Waals surface area (Å²) in [5.74, 6) is -4.06. The van der Waals surface area contributed by atoms with Crippen molar-refractivity contribution in [3.8, 4) is 11.4 Å². The first-order chi connectivity index (χ1) is 15.3. The molecule has 5 nitrogen and oxygen atoms in total. The molecule has 164 valence electrons. The standard InChI is InChI=1S/C23H19F4N5/c1-12(14-8-19(25)21(27)20(26)9-14)7-16-5-6-28-23(32-16)31-15-3-4-17(18(24)10-15)22-29-11-13(2)30-22/h3-6,8-12H,7H2,1-2H3,(H,29,30)(H,28,31,32). The van der Waals surface area contributed by atoms with E-state index < -0.39 is 23.3 Å². The molecular formula is C23H19F4N5. The Kier molecular flexibility index (Phi) is 5.89. The van der Waals surface area contributed by atoms with E-state index in [0.717, 1.165) is 17.8 Å². The lowest BCUT2D eigenvalue weighted by atomic mass is 9.96. The van der Waals surface area contributed by atoms with Crippen LogP contribution in [-0.2, 0) is 6.42 Å². The zero-order chi connectivity index (χ0) is 22.8. The molecule has 1 unspecified atom stereocenters. The summed E-state index contributed by atoms with van der Waals surface area (Å²) in [6.07, 6.45) is 3.56. The Morgan fingerprint density at radius 3 is 2.38 bits per heavy atom. The summed E-state index contributed by atoms with van der Waals surface area (Å²) in [5, 5.41) is 2.95. The van der Waals surface area contributed by atoms with Gasteiger partial charge in [0, 0.05) is 23.8 Å². The van der Waals surface area contributed by atoms with Gasteiger partial charge >= 0.3 is 0 Å². The van der Waals surface area contributed by atoms with Crippen molar-refractivity contribution < 1.29 is 17.6 Å². The molecule has 0 radical (unpaired) electrons. The number of aryl methyl sites for hydroxylation is 1. The number of hydrogen-bond acceptors (Lipinski definition) is 4. The van der Waals surface area contributed by atoms with Gasteiger partial charge in [0.05, 0.1) is 11.3 Å². The number of aromatic nitrogens is 4. The lowest BCUT2D eigenvalue weighted by molar-refractivity contribution is 0.443. The average molecular weight is 441 g/mol. The predicted molar refractivity (Wildman–Crippen MR) is 112 cm³/mol. The van der Waals surface area contributed by atoms with Gasteiger partial charge < -0.3 is 10.3 Å². The van der Waals surface area contributed by atoms with Crippen LogP contribution < -0.4 is 5.32 Å². The summed E-state index contributed by atoms with van der Waals surface area (Å²) in [6, 6.07) is 8.22. The number of anilines is 2. The van der Waals surface area contributed by atoms with Gasteiger partial charge in [0.25, 0.3) is 0 Å². The molecular weight excluding hydrogens is 422 g/mol. The van der Waals surface area contributed by atoms with Crippen LogP contribution in [0.5, 0.6) is 0 Å². The molecule has 4 rings (SSSR count). The molecule has 2 heterocycles. The van der Waals surface area contributed by atoms with Gasteiger partial charge in [-0.25, -0.2) is 32.5 Å². The van der Waals surface area contributed by atoms with Crippen LogP contribution in [0.1, 0.15) is 29.8 Å². The number of rotatable bonds is 6. The third-order valence-corrected chi connectivity index (χ3v) is 4.99. The van der Waals surface area contributed by atoms with E-state index in [1.807, 2.05) is 6.92 Å². The van der Waals surface area contributed by atoms with Crippen LogP contribution in [0.4, 0.5) is 29.2 Å². The molecule has 0 amide bonds. The summed E-state index contributed by atoms with van der Waals surface area (Å²) in [4.78, 5) is 15.7. The summed E-state index contributed by atoms with van der Waals surface area (Å²) in [6.45, 7) is 3.56. The van der Waals surface area contributed by atoms with Gasteiger partial charge in [0.2, 0.25) is 5.95 Å². The molecule has 0 aliphatic carbocycles. The van der Waals surface area contributed by atoms with Gasteiger partial charge in [-0.3, -0.25) is 0 Å². The zero-order valence-corrected chi connectivity index (χ0v) is 17.3. The van der Waals surface area contributed by atoms with Crippen LogP contribution in [-0.4, -0.2) is 19.9 Å². The quantitative estimate of drug-likeness (QED) is 0.292. The van der Waals surface area contributed by atoms with E-state index in [-0.39, 0.29) is 11.9 Å². The largest absolute Gasteiger partial charge is 0.344 e. The molecule has 1 atom stereocenters. The summed E-state index contributed by atoms with van der Waals surface area (Å²) < 4.78 is 54.8. The maximum Gasteiger partial charge on any atom is 0.227 e. The summed E-state index contributed by atoms with van der Waals surface area (Å²) >= 11 is 0. The van der Waals surface area contributed by atoms with Crippen LogP contribution in [0.2, 0.25) is 0 Å². The van der Waals surface area contributed by atoms with Crippen molar-refractivity contribution in [2.75, 3.05) is 5.32 Å². The first kappa shape index (κ1) is 21.5. The minimum atomic E-state index is -1.49. The number of hydrogen-bond donors (Lipinski definition) is 2. The number of benzene rings is 2. The fraction of sp³-hybridized carbons (Fsp3) is 0.174. The minimum absolute atomic E-state index is 0.243. The van der Waals surface area contributed by atoms with Crippen molar-refractivity contribution in [3.63, 3.8) is 0 Å². The van der Waals surface area contributed by atoms with Crippen LogP contribution in [0.25, 0.3) is 11.4 Å². The van der Waals surface area contributed by atoms with E-state index in [2.05, 4.69) is 25.3 Å². The predicted octanol–water partition coefficient (Wildman–Crippen LogP) is 5.82. The van der Waals surface area contributed by atoms with Gasteiger partial charge in [0.1, 0.15) is 11.6 Å². The van der Waals surface area contributed by atoms with Crippen molar-refractivity contribution in [3.05, 3.63) is 89.0 Å². The second-order valence-corrected chi connectivity index (χ2v) is 7.49. The Morgan fingerprint density at radius 2 is 1.72 bits per heavy atom.